The lowest BCUT2D eigenvalue weighted by Crippen LogP contribution is -2.30. The van der Waals surface area contributed by atoms with Gasteiger partial charge in [-0.25, -0.2) is 9.13 Å². The number of esters is 4. The molecule has 0 spiro atoms. The van der Waals surface area contributed by atoms with E-state index in [-0.39, 0.29) is 25.7 Å². The quantitative estimate of drug-likeness (QED) is 0.0169. The topological polar surface area (TPSA) is 237 Å². The summed E-state index contributed by atoms with van der Waals surface area (Å²) in [5.74, 6) is -2.30. The van der Waals surface area contributed by atoms with Crippen molar-refractivity contribution in [2.45, 2.75) is 354 Å². The minimum Gasteiger partial charge on any atom is -0.462 e. The fraction of sp³-hybridized carbons (Fsp3) is 0.718. The highest BCUT2D eigenvalue weighted by atomic mass is 31.2. The molecule has 0 saturated heterocycles. The number of unbranched alkanes of at least 4 members (excludes halogenated alkanes) is 30. The number of aliphatic hydroxyl groups excluding tert-OH is 1. The number of phosphoric acid groups is 2. The summed E-state index contributed by atoms with van der Waals surface area (Å²) in [6.07, 6.45) is 84.7. The molecular weight excluding hydrogens is 1350 g/mol. The third kappa shape index (κ3) is 75.7. The highest BCUT2D eigenvalue weighted by molar-refractivity contribution is 7.47. The minimum atomic E-state index is -5.00. The predicted molar refractivity (Wildman–Crippen MR) is 427 cm³/mol. The van der Waals surface area contributed by atoms with Gasteiger partial charge in [0.25, 0.3) is 0 Å². The van der Waals surface area contributed by atoms with Crippen LogP contribution in [0.5, 0.6) is 0 Å². The van der Waals surface area contributed by atoms with Crippen LogP contribution in [0.2, 0.25) is 0 Å². The maximum atomic E-state index is 13.1. The van der Waals surface area contributed by atoms with Crippen LogP contribution < -0.4 is 0 Å². The molecule has 3 N–H and O–H groups in total. The van der Waals surface area contributed by atoms with Crippen molar-refractivity contribution in [3.63, 3.8) is 0 Å². The number of hydrogen-bond donors (Lipinski definition) is 3. The molecule has 0 bridgehead atoms. The Kier molecular flexibility index (Phi) is 73.3. The molecule has 598 valence electrons. The van der Waals surface area contributed by atoms with Gasteiger partial charge in [0.1, 0.15) is 19.3 Å². The van der Waals surface area contributed by atoms with E-state index in [9.17, 15) is 43.2 Å². The highest BCUT2D eigenvalue weighted by Gasteiger charge is 2.30. The molecule has 2 unspecified atom stereocenters. The van der Waals surface area contributed by atoms with Crippen molar-refractivity contribution in [3.8, 4) is 0 Å². The fourth-order valence-electron chi connectivity index (χ4n) is 10.6. The lowest BCUT2D eigenvalue weighted by atomic mass is 10.1. The lowest BCUT2D eigenvalue weighted by molar-refractivity contribution is -0.161. The molecule has 17 nitrogen and oxygen atoms in total. The summed E-state index contributed by atoms with van der Waals surface area (Å²) in [5.41, 5.74) is 0. The van der Waals surface area contributed by atoms with Gasteiger partial charge in [-0.05, 0) is 154 Å². The number of aliphatic hydroxyl groups is 1. The number of allylic oxidation sites excluding steroid dienone is 20. The van der Waals surface area contributed by atoms with E-state index in [0.717, 1.165) is 154 Å². The van der Waals surface area contributed by atoms with Gasteiger partial charge in [0.15, 0.2) is 12.2 Å². The molecule has 0 fully saturated rings. The van der Waals surface area contributed by atoms with Crippen LogP contribution in [-0.4, -0.2) is 96.7 Å². The summed E-state index contributed by atoms with van der Waals surface area (Å²) in [7, 11) is -9.99. The van der Waals surface area contributed by atoms with Crippen molar-refractivity contribution in [1.82, 2.24) is 0 Å². The normalized spacial score (nSPS) is 14.5. The Labute approximate surface area is 632 Å². The number of rotatable bonds is 76. The summed E-state index contributed by atoms with van der Waals surface area (Å²) < 4.78 is 68.5. The minimum absolute atomic E-state index is 0.0328. The van der Waals surface area contributed by atoms with Crippen LogP contribution in [-0.2, 0) is 65.4 Å². The molecule has 0 rings (SSSR count). The van der Waals surface area contributed by atoms with E-state index < -0.39 is 97.5 Å². The molecule has 0 heterocycles. The third-order valence-corrected chi connectivity index (χ3v) is 18.8. The van der Waals surface area contributed by atoms with Crippen molar-refractivity contribution >= 4 is 39.5 Å². The van der Waals surface area contributed by atoms with Crippen molar-refractivity contribution in [2.24, 2.45) is 0 Å². The van der Waals surface area contributed by atoms with E-state index in [1.807, 2.05) is 12.2 Å². The fourth-order valence-corrected chi connectivity index (χ4v) is 12.2. The van der Waals surface area contributed by atoms with Gasteiger partial charge < -0.3 is 33.8 Å². The smallest absolute Gasteiger partial charge is 0.462 e. The Hall–Kier alpha value is -4.54. The Balaban J connectivity index is 5.45. The van der Waals surface area contributed by atoms with Crippen molar-refractivity contribution in [3.05, 3.63) is 122 Å². The maximum absolute atomic E-state index is 13.1. The van der Waals surface area contributed by atoms with Crippen LogP contribution in [0.4, 0.5) is 0 Å². The molecule has 0 radical (unpaired) electrons. The van der Waals surface area contributed by atoms with Gasteiger partial charge in [-0.3, -0.25) is 37.3 Å². The highest BCUT2D eigenvalue weighted by Crippen LogP contribution is 2.45. The Morgan fingerprint density at radius 1 is 0.269 bits per heavy atom. The first-order chi connectivity index (χ1) is 50.7. The van der Waals surface area contributed by atoms with Gasteiger partial charge in [0, 0.05) is 25.7 Å². The zero-order valence-electron chi connectivity index (χ0n) is 65.4. The van der Waals surface area contributed by atoms with Gasteiger partial charge in [-0.1, -0.05) is 278 Å². The Bertz CT molecular complexity index is 2440. The third-order valence-electron chi connectivity index (χ3n) is 16.9. The number of carbonyl (C=O) groups is 4. The Morgan fingerprint density at radius 3 is 0.808 bits per heavy atom. The summed E-state index contributed by atoms with van der Waals surface area (Å²) in [5, 5.41) is 10.6. The van der Waals surface area contributed by atoms with Crippen LogP contribution in [0, 0.1) is 0 Å². The predicted octanol–water partition coefficient (Wildman–Crippen LogP) is 23.9. The zero-order chi connectivity index (χ0) is 76.0. The van der Waals surface area contributed by atoms with Gasteiger partial charge in [0.2, 0.25) is 0 Å². The number of ether oxygens (including phenoxy) is 4. The molecule has 0 aromatic rings. The molecule has 0 amide bonds. The summed E-state index contributed by atoms with van der Waals surface area (Å²) in [6.45, 7) is 4.69. The molecule has 104 heavy (non-hydrogen) atoms. The molecule has 0 aliphatic carbocycles. The Morgan fingerprint density at radius 2 is 0.490 bits per heavy atom. The second kappa shape index (κ2) is 76.6. The second-order valence-corrected chi connectivity index (χ2v) is 29.9. The first-order valence-electron chi connectivity index (χ1n) is 40.8. The van der Waals surface area contributed by atoms with Gasteiger partial charge in [-0.15, -0.1) is 0 Å². The van der Waals surface area contributed by atoms with Crippen molar-refractivity contribution in [1.29, 1.82) is 0 Å². The monoisotopic (exact) mass is 1500 g/mol. The first-order valence-corrected chi connectivity index (χ1v) is 43.8. The van der Waals surface area contributed by atoms with Crippen LogP contribution in [0.3, 0.4) is 0 Å². The summed E-state index contributed by atoms with van der Waals surface area (Å²) in [4.78, 5) is 73.0. The average Bonchev–Trinajstić information content (AvgIpc) is 0.918. The van der Waals surface area contributed by atoms with Gasteiger partial charge in [-0.2, -0.15) is 0 Å². The average molecular weight is 1500 g/mol. The number of carbonyl (C=O) groups excluding carboxylic acids is 4. The second-order valence-electron chi connectivity index (χ2n) is 27.0. The largest absolute Gasteiger partial charge is 0.472 e. The van der Waals surface area contributed by atoms with E-state index in [2.05, 4.69) is 137 Å². The van der Waals surface area contributed by atoms with Crippen LogP contribution in [0.25, 0.3) is 0 Å². The summed E-state index contributed by atoms with van der Waals surface area (Å²) in [6, 6.07) is 0. The molecule has 0 aliphatic heterocycles. The van der Waals surface area contributed by atoms with E-state index in [1.54, 1.807) is 0 Å². The molecule has 19 heteroatoms. The first kappa shape index (κ1) is 99.5. The standard InChI is InChI=1S/C85H146O17P2/c1-5-9-13-17-21-25-29-33-37-38-39-40-44-46-50-54-58-62-66-70-83(88)96-76-81(102-85(90)72-68-64-60-56-52-48-43-36-32-28-24-20-16-12-8-4)78-100-104(93,94)98-74-79(86)73-97-103(91,92)99-77-80(101-84(89)71-67-63-59-55-51-47-42-35-31-27-23-19-15-11-7-3)75-95-82(87)69-65-61-57-53-49-45-41-34-30-26-22-18-14-10-6-2/h21,23-25,27-28,33-37,39-43,46,50,58,62,79-81,86H,5-20,22,26,29-32,38,44-45,47-49,51-57,59-61,63-78H2,1-4H3,(H,91,92)(H,93,94)/b25-21-,27-23-,28-24-,37-33-,40-39-,41-34-,42-35-,43-36-,50-46-,62-58-/t79-,80+,81+/m0/s1. The maximum Gasteiger partial charge on any atom is 0.472 e. The number of hydrogen-bond acceptors (Lipinski definition) is 15. The van der Waals surface area contributed by atoms with Crippen molar-refractivity contribution in [2.75, 3.05) is 39.6 Å². The summed E-state index contributed by atoms with van der Waals surface area (Å²) >= 11 is 0. The molecule has 0 aromatic carbocycles. The van der Waals surface area contributed by atoms with Crippen LogP contribution in [0.1, 0.15) is 336 Å². The van der Waals surface area contributed by atoms with E-state index in [1.165, 1.54) is 96.3 Å². The van der Waals surface area contributed by atoms with E-state index >= 15 is 0 Å². The SMILES string of the molecule is CCCCC/C=C\C/C=C\C/C=C\C/C=C\C/C=C\CCC(=O)OC[C@H](COP(=O)(O)OC[C@@H](O)COP(=O)(O)OC[C@@H](COC(=O)CCCCCCC/C=C\CCCCCCCC)OC(=O)CCCCCCC/C=C\C/C=C\CCCCC)OC(=O)CCCCCCC/C=C\C/C=C\CCCCC. The van der Waals surface area contributed by atoms with Crippen molar-refractivity contribution < 1.29 is 80.2 Å². The van der Waals surface area contributed by atoms with Gasteiger partial charge >= 0.3 is 39.5 Å². The lowest BCUT2D eigenvalue weighted by Gasteiger charge is -2.21. The van der Waals surface area contributed by atoms with E-state index in [0.29, 0.717) is 32.1 Å². The van der Waals surface area contributed by atoms with E-state index in [4.69, 9.17) is 37.0 Å². The van der Waals surface area contributed by atoms with Gasteiger partial charge in [0.05, 0.1) is 26.4 Å². The molecule has 0 aliphatic rings. The van der Waals surface area contributed by atoms with Crippen LogP contribution in [0.15, 0.2) is 122 Å². The number of phosphoric ester groups is 2. The molecule has 5 atom stereocenters. The molecule has 0 aromatic heterocycles. The zero-order valence-corrected chi connectivity index (χ0v) is 67.2. The molecule has 0 saturated carbocycles. The van der Waals surface area contributed by atoms with Crippen LogP contribution >= 0.6 is 15.6 Å². The molecular formula is C85H146O17P2.